The summed E-state index contributed by atoms with van der Waals surface area (Å²) in [6.45, 7) is 9.50. The molecule has 1 heterocycles. The maximum atomic E-state index is 12.4. The van der Waals surface area contributed by atoms with E-state index in [0.29, 0.717) is 17.7 Å². The molecule has 1 aliphatic rings. The molecular weight excluding hydrogens is 244 g/mol. The third-order valence-corrected chi connectivity index (χ3v) is 4.23. The van der Waals surface area contributed by atoms with Gasteiger partial charge in [0.1, 0.15) is 0 Å². The fourth-order valence-electron chi connectivity index (χ4n) is 2.47. The van der Waals surface area contributed by atoms with E-state index < -0.39 is 0 Å². The highest BCUT2D eigenvalue weighted by atomic mass is 32.2. The van der Waals surface area contributed by atoms with Crippen LogP contribution in [0.1, 0.15) is 40.5 Å². The Labute approximate surface area is 116 Å². The highest BCUT2D eigenvalue weighted by Crippen LogP contribution is 2.22. The zero-order valence-corrected chi connectivity index (χ0v) is 13.2. The maximum absolute atomic E-state index is 12.4. The molecule has 106 valence electrons. The molecule has 0 radical (unpaired) electrons. The minimum atomic E-state index is 0.0120. The van der Waals surface area contributed by atoms with Gasteiger partial charge in [-0.25, -0.2) is 0 Å². The highest BCUT2D eigenvalue weighted by Gasteiger charge is 2.40. The zero-order chi connectivity index (χ0) is 13.7. The van der Waals surface area contributed by atoms with Crippen LogP contribution in [0.4, 0.5) is 0 Å². The van der Waals surface area contributed by atoms with Gasteiger partial charge in [-0.3, -0.25) is 10.1 Å². The molecule has 0 aromatic rings. The predicted molar refractivity (Wildman–Crippen MR) is 79.7 cm³/mol. The van der Waals surface area contributed by atoms with Crippen molar-refractivity contribution in [1.29, 1.82) is 0 Å². The molecule has 0 aliphatic carbocycles. The number of thioether (sulfide) groups is 1. The van der Waals surface area contributed by atoms with Gasteiger partial charge in [0.25, 0.3) is 0 Å². The summed E-state index contributed by atoms with van der Waals surface area (Å²) >= 11 is 1.88. The molecule has 0 aromatic carbocycles. The summed E-state index contributed by atoms with van der Waals surface area (Å²) in [5, 5.41) is 3.50. The van der Waals surface area contributed by atoms with E-state index in [4.69, 9.17) is 0 Å². The summed E-state index contributed by atoms with van der Waals surface area (Å²) < 4.78 is 0. The Bertz CT molecular complexity index is 269. The van der Waals surface area contributed by atoms with Gasteiger partial charge in [0, 0.05) is 6.54 Å². The lowest BCUT2D eigenvalue weighted by atomic mass is 10.0. The van der Waals surface area contributed by atoms with Gasteiger partial charge in [-0.15, -0.1) is 0 Å². The van der Waals surface area contributed by atoms with Crippen LogP contribution < -0.4 is 5.32 Å². The first kappa shape index (κ1) is 15.8. The fourth-order valence-corrected chi connectivity index (χ4v) is 2.96. The number of carbonyl (C=O) groups is 1. The van der Waals surface area contributed by atoms with Gasteiger partial charge in [-0.2, -0.15) is 11.8 Å². The van der Waals surface area contributed by atoms with E-state index in [0.717, 1.165) is 13.0 Å². The lowest BCUT2D eigenvalue weighted by molar-refractivity contribution is -0.131. The van der Waals surface area contributed by atoms with Gasteiger partial charge in [-0.1, -0.05) is 27.7 Å². The van der Waals surface area contributed by atoms with E-state index in [2.05, 4.69) is 44.2 Å². The first-order chi connectivity index (χ1) is 8.49. The first-order valence-electron chi connectivity index (χ1n) is 7.04. The number of nitrogens with zero attached hydrogens (tertiary/aromatic N) is 1. The lowest BCUT2D eigenvalue weighted by Gasteiger charge is -2.27. The largest absolute Gasteiger partial charge is 0.326 e. The highest BCUT2D eigenvalue weighted by molar-refractivity contribution is 7.98. The first-order valence-corrected chi connectivity index (χ1v) is 8.44. The molecule has 0 spiro atoms. The Kier molecular flexibility index (Phi) is 6.50. The Morgan fingerprint density at radius 1 is 1.22 bits per heavy atom. The third kappa shape index (κ3) is 3.89. The predicted octanol–water partition coefficient (Wildman–Crippen LogP) is 2.57. The number of hydrogen-bond donors (Lipinski definition) is 1. The standard InChI is InChI=1S/C14H28N2OS/c1-10(2)12-14(17)16(8-6-7-9-18-5)13(15-12)11(3)4/h10-13,15H,6-9H2,1-5H3. The summed E-state index contributed by atoms with van der Waals surface area (Å²) in [6, 6.07) is 0.0120. The monoisotopic (exact) mass is 272 g/mol. The van der Waals surface area contributed by atoms with Crippen molar-refractivity contribution in [2.75, 3.05) is 18.6 Å². The van der Waals surface area contributed by atoms with Crippen LogP contribution in [0.25, 0.3) is 0 Å². The van der Waals surface area contributed by atoms with Crippen molar-refractivity contribution in [3.63, 3.8) is 0 Å². The second-order valence-electron chi connectivity index (χ2n) is 5.81. The summed E-state index contributed by atoms with van der Waals surface area (Å²) in [5.41, 5.74) is 0. The second-order valence-corrected chi connectivity index (χ2v) is 6.79. The number of hydrogen-bond acceptors (Lipinski definition) is 3. The molecule has 0 bridgehead atoms. The van der Waals surface area contributed by atoms with E-state index in [1.807, 2.05) is 11.8 Å². The SMILES string of the molecule is CSCCCCN1C(=O)C(C(C)C)NC1C(C)C. The van der Waals surface area contributed by atoms with Crippen LogP contribution in [0.5, 0.6) is 0 Å². The van der Waals surface area contributed by atoms with Crippen molar-refractivity contribution in [3.05, 3.63) is 0 Å². The normalized spacial score (nSPS) is 24.6. The van der Waals surface area contributed by atoms with Crippen LogP contribution in [0.15, 0.2) is 0 Å². The van der Waals surface area contributed by atoms with E-state index in [-0.39, 0.29) is 12.2 Å². The molecule has 1 rings (SSSR count). The van der Waals surface area contributed by atoms with Crippen LogP contribution >= 0.6 is 11.8 Å². The molecule has 18 heavy (non-hydrogen) atoms. The molecule has 3 nitrogen and oxygen atoms in total. The van der Waals surface area contributed by atoms with Crippen LogP contribution in [-0.4, -0.2) is 41.6 Å². The Hall–Kier alpha value is -0.220. The summed E-state index contributed by atoms with van der Waals surface area (Å²) in [6.07, 6.45) is 4.66. The van der Waals surface area contributed by atoms with Crippen molar-refractivity contribution in [1.82, 2.24) is 10.2 Å². The molecule has 1 aliphatic heterocycles. The molecule has 1 fully saturated rings. The molecule has 4 heteroatoms. The third-order valence-electron chi connectivity index (χ3n) is 3.53. The van der Waals surface area contributed by atoms with Crippen LogP contribution in [0.2, 0.25) is 0 Å². The van der Waals surface area contributed by atoms with E-state index >= 15 is 0 Å². The van der Waals surface area contributed by atoms with Gasteiger partial charge >= 0.3 is 0 Å². The van der Waals surface area contributed by atoms with Gasteiger partial charge in [-0.05, 0) is 36.7 Å². The molecular formula is C14H28N2OS. The maximum Gasteiger partial charge on any atom is 0.241 e. The zero-order valence-electron chi connectivity index (χ0n) is 12.4. The number of rotatable bonds is 7. The molecule has 1 saturated heterocycles. The van der Waals surface area contributed by atoms with Crippen molar-refractivity contribution in [2.45, 2.75) is 52.7 Å². The summed E-state index contributed by atoms with van der Waals surface area (Å²) in [7, 11) is 0. The van der Waals surface area contributed by atoms with Crippen molar-refractivity contribution in [2.24, 2.45) is 11.8 Å². The molecule has 0 aromatic heterocycles. The van der Waals surface area contributed by atoms with Gasteiger partial charge < -0.3 is 4.90 Å². The Morgan fingerprint density at radius 3 is 2.39 bits per heavy atom. The Morgan fingerprint density at radius 2 is 1.89 bits per heavy atom. The average molecular weight is 272 g/mol. The van der Waals surface area contributed by atoms with E-state index in [9.17, 15) is 4.79 Å². The van der Waals surface area contributed by atoms with E-state index in [1.54, 1.807) is 0 Å². The van der Waals surface area contributed by atoms with Crippen molar-refractivity contribution < 1.29 is 4.79 Å². The van der Waals surface area contributed by atoms with E-state index in [1.165, 1.54) is 12.2 Å². The summed E-state index contributed by atoms with van der Waals surface area (Å²) in [4.78, 5) is 14.4. The van der Waals surface area contributed by atoms with Crippen molar-refractivity contribution in [3.8, 4) is 0 Å². The topological polar surface area (TPSA) is 32.3 Å². The van der Waals surface area contributed by atoms with Gasteiger partial charge in [0.15, 0.2) is 0 Å². The Balaban J connectivity index is 2.58. The number of nitrogens with one attached hydrogen (secondary N) is 1. The molecule has 2 unspecified atom stereocenters. The second kappa shape index (κ2) is 7.39. The number of carbonyl (C=O) groups excluding carboxylic acids is 1. The molecule has 0 saturated carbocycles. The van der Waals surface area contributed by atoms with Gasteiger partial charge in [0.05, 0.1) is 12.2 Å². The minimum absolute atomic E-state index is 0.0120. The molecule has 1 amide bonds. The van der Waals surface area contributed by atoms with Crippen molar-refractivity contribution >= 4 is 17.7 Å². The van der Waals surface area contributed by atoms with Crippen LogP contribution in [0.3, 0.4) is 0 Å². The number of amides is 1. The quantitative estimate of drug-likeness (QED) is 0.723. The van der Waals surface area contributed by atoms with Crippen LogP contribution in [0, 0.1) is 11.8 Å². The molecule has 2 atom stereocenters. The minimum Gasteiger partial charge on any atom is -0.326 e. The lowest BCUT2D eigenvalue weighted by Crippen LogP contribution is -2.42. The average Bonchev–Trinajstić information content (AvgIpc) is 2.62. The van der Waals surface area contributed by atoms with Gasteiger partial charge in [0.2, 0.25) is 5.91 Å². The number of unbranched alkanes of at least 4 members (excludes halogenated alkanes) is 1. The summed E-state index contributed by atoms with van der Waals surface area (Å²) in [5.74, 6) is 2.33. The van der Waals surface area contributed by atoms with Crippen LogP contribution in [-0.2, 0) is 4.79 Å². The smallest absolute Gasteiger partial charge is 0.241 e. The fraction of sp³-hybridized carbons (Fsp3) is 0.929. The molecule has 1 N–H and O–H groups in total.